The SMILES string of the molecule is CCOc1ncc(C2(O)CCN(Cc3c(F)cccc3F)CC2)c(OCC)n1. The summed E-state index contributed by atoms with van der Waals surface area (Å²) in [5, 5.41) is 11.2. The van der Waals surface area contributed by atoms with Crippen LogP contribution in [0.15, 0.2) is 24.4 Å². The van der Waals surface area contributed by atoms with Crippen molar-refractivity contribution >= 4 is 0 Å². The maximum absolute atomic E-state index is 13.9. The predicted octanol–water partition coefficient (Wildman–Crippen LogP) is 3.04. The van der Waals surface area contributed by atoms with Gasteiger partial charge in [0.2, 0.25) is 5.88 Å². The van der Waals surface area contributed by atoms with Crippen LogP contribution in [0.1, 0.15) is 37.8 Å². The molecule has 0 bridgehead atoms. The van der Waals surface area contributed by atoms with Crippen molar-refractivity contribution in [2.45, 2.75) is 38.8 Å². The maximum Gasteiger partial charge on any atom is 0.319 e. The van der Waals surface area contributed by atoms with Gasteiger partial charge in [-0.2, -0.15) is 4.98 Å². The van der Waals surface area contributed by atoms with Gasteiger partial charge in [0.05, 0.1) is 24.4 Å². The molecular formula is C20H25F2N3O3. The predicted molar refractivity (Wildman–Crippen MR) is 99.1 cm³/mol. The van der Waals surface area contributed by atoms with E-state index >= 15 is 0 Å². The second-order valence-electron chi connectivity index (χ2n) is 6.75. The Labute approximate surface area is 163 Å². The average Bonchev–Trinajstić information content (AvgIpc) is 2.67. The molecule has 3 rings (SSSR count). The summed E-state index contributed by atoms with van der Waals surface area (Å²) < 4.78 is 38.7. The molecule has 6 nitrogen and oxygen atoms in total. The maximum atomic E-state index is 13.9. The van der Waals surface area contributed by atoms with Crippen molar-refractivity contribution in [1.29, 1.82) is 0 Å². The summed E-state index contributed by atoms with van der Waals surface area (Å²) in [5.74, 6) is -0.809. The molecule has 28 heavy (non-hydrogen) atoms. The van der Waals surface area contributed by atoms with Gasteiger partial charge in [0, 0.05) is 31.4 Å². The zero-order valence-corrected chi connectivity index (χ0v) is 16.1. The summed E-state index contributed by atoms with van der Waals surface area (Å²) in [6.45, 7) is 5.60. The number of aromatic nitrogens is 2. The van der Waals surface area contributed by atoms with Crippen molar-refractivity contribution in [3.63, 3.8) is 0 Å². The normalized spacial score (nSPS) is 16.8. The molecule has 1 aromatic carbocycles. The monoisotopic (exact) mass is 393 g/mol. The number of ether oxygens (including phenoxy) is 2. The molecule has 1 fully saturated rings. The minimum absolute atomic E-state index is 0.0485. The van der Waals surface area contributed by atoms with Gasteiger partial charge in [0.25, 0.3) is 0 Å². The summed E-state index contributed by atoms with van der Waals surface area (Å²) in [6, 6.07) is 4.06. The van der Waals surface area contributed by atoms with Crippen molar-refractivity contribution in [3.05, 3.63) is 47.2 Å². The standard InChI is InChI=1S/C20H25F2N3O3/c1-3-27-18-15(12-23-19(24-18)28-4-2)20(26)8-10-25(11-9-20)13-14-16(21)6-5-7-17(14)22/h5-7,12,26H,3-4,8-11,13H2,1-2H3. The third kappa shape index (κ3) is 4.39. The Kier molecular flexibility index (Phi) is 6.41. The number of likely N-dealkylation sites (tertiary alicyclic amines) is 1. The topological polar surface area (TPSA) is 67.7 Å². The Bertz CT molecular complexity index is 791. The Hall–Kier alpha value is -2.32. The highest BCUT2D eigenvalue weighted by molar-refractivity contribution is 5.32. The van der Waals surface area contributed by atoms with Crippen LogP contribution in [0.3, 0.4) is 0 Å². The lowest BCUT2D eigenvalue weighted by Gasteiger charge is -2.38. The van der Waals surface area contributed by atoms with E-state index in [4.69, 9.17) is 9.47 Å². The quantitative estimate of drug-likeness (QED) is 0.780. The Balaban J connectivity index is 1.74. The molecule has 0 atom stereocenters. The number of nitrogens with zero attached hydrogens (tertiary/aromatic N) is 3. The van der Waals surface area contributed by atoms with Gasteiger partial charge in [0.15, 0.2) is 0 Å². The Morgan fingerprint density at radius 2 is 1.75 bits per heavy atom. The summed E-state index contributed by atoms with van der Waals surface area (Å²) in [4.78, 5) is 10.3. The molecule has 152 valence electrons. The smallest absolute Gasteiger partial charge is 0.319 e. The first-order valence-corrected chi connectivity index (χ1v) is 9.47. The highest BCUT2D eigenvalue weighted by atomic mass is 19.1. The van der Waals surface area contributed by atoms with E-state index in [-0.39, 0.29) is 18.1 Å². The molecule has 8 heteroatoms. The number of hydrogen-bond acceptors (Lipinski definition) is 6. The van der Waals surface area contributed by atoms with Crippen LogP contribution in [0.2, 0.25) is 0 Å². The van der Waals surface area contributed by atoms with Crippen LogP contribution < -0.4 is 9.47 Å². The lowest BCUT2D eigenvalue weighted by Crippen LogP contribution is -2.42. The number of rotatable bonds is 7. The van der Waals surface area contributed by atoms with E-state index < -0.39 is 17.2 Å². The number of halogens is 2. The average molecular weight is 393 g/mol. The van der Waals surface area contributed by atoms with Crippen molar-refractivity contribution < 1.29 is 23.4 Å². The zero-order valence-electron chi connectivity index (χ0n) is 16.1. The van der Waals surface area contributed by atoms with Crippen LogP contribution in [0, 0.1) is 11.6 Å². The van der Waals surface area contributed by atoms with Crippen molar-refractivity contribution in [2.75, 3.05) is 26.3 Å². The number of benzene rings is 1. The van der Waals surface area contributed by atoms with Gasteiger partial charge >= 0.3 is 6.01 Å². The molecular weight excluding hydrogens is 368 g/mol. The molecule has 2 heterocycles. The van der Waals surface area contributed by atoms with Gasteiger partial charge in [0.1, 0.15) is 11.6 Å². The van der Waals surface area contributed by atoms with E-state index in [0.29, 0.717) is 50.6 Å². The lowest BCUT2D eigenvalue weighted by atomic mass is 9.85. The Morgan fingerprint density at radius 1 is 1.11 bits per heavy atom. The first-order chi connectivity index (χ1) is 13.5. The van der Waals surface area contributed by atoms with Crippen LogP contribution in [0.5, 0.6) is 11.9 Å². The van der Waals surface area contributed by atoms with Crippen molar-refractivity contribution in [3.8, 4) is 11.9 Å². The molecule has 1 aliphatic rings. The number of hydrogen-bond donors (Lipinski definition) is 1. The van der Waals surface area contributed by atoms with Gasteiger partial charge in [-0.3, -0.25) is 4.90 Å². The molecule has 2 aromatic rings. The molecule has 0 amide bonds. The van der Waals surface area contributed by atoms with E-state index in [1.54, 1.807) is 0 Å². The third-order valence-corrected chi connectivity index (χ3v) is 4.91. The molecule has 1 N–H and O–H groups in total. The van der Waals surface area contributed by atoms with Crippen molar-refractivity contribution in [2.24, 2.45) is 0 Å². The Morgan fingerprint density at radius 3 is 2.36 bits per heavy atom. The minimum Gasteiger partial charge on any atom is -0.478 e. The molecule has 0 radical (unpaired) electrons. The van der Waals surface area contributed by atoms with Gasteiger partial charge in [-0.15, -0.1) is 0 Å². The summed E-state index contributed by atoms with van der Waals surface area (Å²) >= 11 is 0. The van der Waals surface area contributed by atoms with Crippen LogP contribution in [0.25, 0.3) is 0 Å². The van der Waals surface area contributed by atoms with Crippen LogP contribution in [-0.4, -0.2) is 46.3 Å². The molecule has 1 aromatic heterocycles. The van der Waals surface area contributed by atoms with Crippen LogP contribution in [0.4, 0.5) is 8.78 Å². The van der Waals surface area contributed by atoms with Gasteiger partial charge in [-0.25, -0.2) is 13.8 Å². The van der Waals surface area contributed by atoms with Gasteiger partial charge in [-0.05, 0) is 38.8 Å². The largest absolute Gasteiger partial charge is 0.478 e. The van der Waals surface area contributed by atoms with E-state index in [2.05, 4.69) is 9.97 Å². The third-order valence-electron chi connectivity index (χ3n) is 4.91. The lowest BCUT2D eigenvalue weighted by molar-refractivity contribution is -0.0306. The highest BCUT2D eigenvalue weighted by Gasteiger charge is 2.38. The summed E-state index contributed by atoms with van der Waals surface area (Å²) in [6.07, 6.45) is 2.29. The van der Waals surface area contributed by atoms with Crippen LogP contribution in [-0.2, 0) is 12.1 Å². The fourth-order valence-electron chi connectivity index (χ4n) is 3.37. The van der Waals surface area contributed by atoms with Crippen LogP contribution >= 0.6 is 0 Å². The summed E-state index contributed by atoms with van der Waals surface area (Å²) in [7, 11) is 0. The second-order valence-corrected chi connectivity index (χ2v) is 6.75. The minimum atomic E-state index is -1.17. The zero-order chi connectivity index (χ0) is 20.1. The number of piperidine rings is 1. The highest BCUT2D eigenvalue weighted by Crippen LogP contribution is 2.38. The fourth-order valence-corrected chi connectivity index (χ4v) is 3.37. The molecule has 0 unspecified atom stereocenters. The summed E-state index contributed by atoms with van der Waals surface area (Å²) in [5.41, 5.74) is -0.610. The first-order valence-electron chi connectivity index (χ1n) is 9.47. The van der Waals surface area contributed by atoms with E-state index in [9.17, 15) is 13.9 Å². The molecule has 1 saturated heterocycles. The van der Waals surface area contributed by atoms with E-state index in [1.165, 1.54) is 24.4 Å². The fraction of sp³-hybridized carbons (Fsp3) is 0.500. The molecule has 0 aliphatic carbocycles. The molecule has 1 aliphatic heterocycles. The van der Waals surface area contributed by atoms with Gasteiger partial charge < -0.3 is 14.6 Å². The molecule has 0 spiro atoms. The van der Waals surface area contributed by atoms with Gasteiger partial charge in [-0.1, -0.05) is 6.07 Å². The van der Waals surface area contributed by atoms with E-state index in [1.807, 2.05) is 18.7 Å². The van der Waals surface area contributed by atoms with Crippen molar-refractivity contribution in [1.82, 2.24) is 14.9 Å². The van der Waals surface area contributed by atoms with E-state index in [0.717, 1.165) is 0 Å². The first kappa shape index (κ1) is 20.4. The second kappa shape index (κ2) is 8.79. The number of aliphatic hydroxyl groups is 1. The molecule has 0 saturated carbocycles.